The maximum Gasteiger partial charge on any atom is 0.245 e. The molecule has 0 fully saturated rings. The van der Waals surface area contributed by atoms with Gasteiger partial charge in [-0.3, -0.25) is 0 Å². The number of ether oxygens (including phenoxy) is 1. The van der Waals surface area contributed by atoms with Gasteiger partial charge in [-0.1, -0.05) is 6.92 Å². The molecule has 2 rings (SSSR count). The molecule has 0 aliphatic heterocycles. The lowest BCUT2D eigenvalue weighted by Gasteiger charge is -2.13. The van der Waals surface area contributed by atoms with E-state index in [-0.39, 0.29) is 0 Å². The van der Waals surface area contributed by atoms with Crippen molar-refractivity contribution >= 4 is 22.8 Å². The number of nitrogens with zero attached hydrogens (tertiary/aromatic N) is 4. The van der Waals surface area contributed by atoms with Crippen molar-refractivity contribution < 1.29 is 4.74 Å². The minimum absolute atomic E-state index is 0.299. The van der Waals surface area contributed by atoms with Crippen LogP contribution >= 0.6 is 11.6 Å². The normalized spacial score (nSPS) is 12.9. The molecule has 0 aliphatic carbocycles. The van der Waals surface area contributed by atoms with Crippen molar-refractivity contribution in [1.82, 2.24) is 19.5 Å². The van der Waals surface area contributed by atoms with Crippen molar-refractivity contribution in [2.75, 3.05) is 7.11 Å². The first-order chi connectivity index (χ1) is 8.22. The Labute approximate surface area is 105 Å². The van der Waals surface area contributed by atoms with Crippen LogP contribution in [0.1, 0.15) is 32.1 Å². The van der Waals surface area contributed by atoms with Gasteiger partial charge >= 0.3 is 0 Å². The molecule has 0 saturated carbocycles. The van der Waals surface area contributed by atoms with E-state index < -0.39 is 0 Å². The average Bonchev–Trinajstić information content (AvgIpc) is 2.75. The van der Waals surface area contributed by atoms with Crippen LogP contribution in [0.15, 0.2) is 6.33 Å². The van der Waals surface area contributed by atoms with Gasteiger partial charge in [-0.15, -0.1) is 11.6 Å². The van der Waals surface area contributed by atoms with Crippen molar-refractivity contribution in [1.29, 1.82) is 0 Å². The third kappa shape index (κ3) is 1.95. The number of alkyl halides is 1. The molecule has 6 heteroatoms. The average molecular weight is 255 g/mol. The van der Waals surface area contributed by atoms with Crippen LogP contribution < -0.4 is 4.74 Å². The first kappa shape index (κ1) is 12.1. The molecule has 0 saturated heterocycles. The van der Waals surface area contributed by atoms with Crippen molar-refractivity contribution in [3.05, 3.63) is 12.2 Å². The summed E-state index contributed by atoms with van der Waals surface area (Å²) in [4.78, 5) is 12.8. The standard InChI is InChI=1S/C11H15ClN4O/c1-4-7(2)16-8(5-12)15-9-10(16)13-6-14-11(9)17-3/h6-7H,4-5H2,1-3H3. The van der Waals surface area contributed by atoms with E-state index in [4.69, 9.17) is 16.3 Å². The molecule has 0 N–H and O–H groups in total. The Morgan fingerprint density at radius 3 is 2.82 bits per heavy atom. The van der Waals surface area contributed by atoms with E-state index in [2.05, 4.69) is 28.8 Å². The molecule has 0 amide bonds. The van der Waals surface area contributed by atoms with Gasteiger partial charge in [-0.05, 0) is 13.3 Å². The summed E-state index contributed by atoms with van der Waals surface area (Å²) in [7, 11) is 1.57. The highest BCUT2D eigenvalue weighted by Gasteiger charge is 2.18. The van der Waals surface area contributed by atoms with Crippen LogP contribution in [0.3, 0.4) is 0 Å². The zero-order chi connectivity index (χ0) is 12.4. The Morgan fingerprint density at radius 2 is 2.24 bits per heavy atom. The molecule has 17 heavy (non-hydrogen) atoms. The van der Waals surface area contributed by atoms with E-state index in [1.165, 1.54) is 6.33 Å². The highest BCUT2D eigenvalue weighted by Crippen LogP contribution is 2.26. The molecule has 2 aromatic heterocycles. The van der Waals surface area contributed by atoms with E-state index in [0.717, 1.165) is 17.9 Å². The number of hydrogen-bond acceptors (Lipinski definition) is 4. The van der Waals surface area contributed by atoms with Gasteiger partial charge in [0.1, 0.15) is 12.2 Å². The number of methoxy groups -OCH3 is 1. The van der Waals surface area contributed by atoms with Gasteiger partial charge < -0.3 is 9.30 Å². The SMILES string of the molecule is CCC(C)n1c(CCl)nc2c(OC)ncnc21. The Morgan fingerprint density at radius 1 is 1.47 bits per heavy atom. The third-order valence-electron chi connectivity index (χ3n) is 2.86. The molecule has 5 nitrogen and oxygen atoms in total. The molecule has 1 atom stereocenters. The molecule has 2 heterocycles. The summed E-state index contributed by atoms with van der Waals surface area (Å²) >= 11 is 5.93. The first-order valence-corrected chi connectivity index (χ1v) is 6.08. The molecule has 0 radical (unpaired) electrons. The fourth-order valence-corrected chi connectivity index (χ4v) is 2.01. The lowest BCUT2D eigenvalue weighted by atomic mass is 10.2. The van der Waals surface area contributed by atoms with Crippen molar-refractivity contribution in [2.45, 2.75) is 32.2 Å². The molecule has 0 spiro atoms. The highest BCUT2D eigenvalue weighted by molar-refractivity contribution is 6.16. The van der Waals surface area contributed by atoms with Crippen LogP contribution in [-0.4, -0.2) is 26.6 Å². The Bertz CT molecular complexity index is 525. The summed E-state index contributed by atoms with van der Waals surface area (Å²) in [5, 5.41) is 0. The van der Waals surface area contributed by atoms with E-state index >= 15 is 0 Å². The second-order valence-corrected chi connectivity index (χ2v) is 4.11. The van der Waals surface area contributed by atoms with E-state index in [1.54, 1.807) is 7.11 Å². The summed E-state index contributed by atoms with van der Waals surface area (Å²) in [5.41, 5.74) is 1.45. The van der Waals surface area contributed by atoms with Gasteiger partial charge in [0.25, 0.3) is 0 Å². The summed E-state index contributed by atoms with van der Waals surface area (Å²) in [6.07, 6.45) is 2.47. The van der Waals surface area contributed by atoms with Gasteiger partial charge in [0.15, 0.2) is 11.2 Å². The van der Waals surface area contributed by atoms with Crippen molar-refractivity contribution in [2.24, 2.45) is 0 Å². The van der Waals surface area contributed by atoms with Gasteiger partial charge in [0.2, 0.25) is 5.88 Å². The third-order valence-corrected chi connectivity index (χ3v) is 3.10. The van der Waals surface area contributed by atoms with Crippen molar-refractivity contribution in [3.8, 4) is 5.88 Å². The maximum atomic E-state index is 5.93. The highest BCUT2D eigenvalue weighted by atomic mass is 35.5. The van der Waals surface area contributed by atoms with E-state index in [1.807, 2.05) is 4.57 Å². The maximum absolute atomic E-state index is 5.93. The summed E-state index contributed by atoms with van der Waals surface area (Å²) in [6, 6.07) is 0.299. The molecule has 2 aromatic rings. The van der Waals surface area contributed by atoms with Crippen molar-refractivity contribution in [3.63, 3.8) is 0 Å². The number of rotatable bonds is 4. The fourth-order valence-electron chi connectivity index (χ4n) is 1.82. The lowest BCUT2D eigenvalue weighted by molar-refractivity contribution is 0.401. The Kier molecular flexibility index (Phi) is 3.47. The number of fused-ring (bicyclic) bond motifs is 1. The predicted molar refractivity (Wildman–Crippen MR) is 66.4 cm³/mol. The van der Waals surface area contributed by atoms with Crippen LogP contribution in [0.5, 0.6) is 5.88 Å². The minimum Gasteiger partial charge on any atom is -0.479 e. The lowest BCUT2D eigenvalue weighted by Crippen LogP contribution is -2.08. The number of hydrogen-bond donors (Lipinski definition) is 0. The van der Waals surface area contributed by atoms with E-state index in [0.29, 0.717) is 23.3 Å². The Balaban J connectivity index is 2.72. The van der Waals surface area contributed by atoms with Crippen LogP contribution in [0.4, 0.5) is 0 Å². The molecule has 92 valence electrons. The van der Waals surface area contributed by atoms with Crippen LogP contribution in [-0.2, 0) is 5.88 Å². The van der Waals surface area contributed by atoms with Gasteiger partial charge in [-0.2, -0.15) is 4.98 Å². The molecule has 0 aliphatic rings. The predicted octanol–water partition coefficient (Wildman–Crippen LogP) is 2.54. The second kappa shape index (κ2) is 4.87. The number of halogens is 1. The monoisotopic (exact) mass is 254 g/mol. The van der Waals surface area contributed by atoms with E-state index in [9.17, 15) is 0 Å². The molecule has 1 unspecified atom stereocenters. The van der Waals surface area contributed by atoms with Crippen LogP contribution in [0.2, 0.25) is 0 Å². The molecule has 0 aromatic carbocycles. The zero-order valence-corrected chi connectivity index (χ0v) is 10.9. The van der Waals surface area contributed by atoms with Gasteiger partial charge in [0, 0.05) is 6.04 Å². The quantitative estimate of drug-likeness (QED) is 0.787. The number of aromatic nitrogens is 4. The van der Waals surface area contributed by atoms with Gasteiger partial charge in [-0.25, -0.2) is 9.97 Å². The number of imidazole rings is 1. The summed E-state index contributed by atoms with van der Waals surface area (Å²) < 4.78 is 7.23. The van der Waals surface area contributed by atoms with Crippen LogP contribution in [0, 0.1) is 0 Å². The molecule has 0 bridgehead atoms. The van der Waals surface area contributed by atoms with Gasteiger partial charge in [0.05, 0.1) is 13.0 Å². The van der Waals surface area contributed by atoms with Crippen LogP contribution in [0.25, 0.3) is 11.2 Å². The summed E-state index contributed by atoms with van der Waals surface area (Å²) in [6.45, 7) is 4.23. The molecular formula is C11H15ClN4O. The Hall–Kier alpha value is -1.36. The largest absolute Gasteiger partial charge is 0.479 e. The smallest absolute Gasteiger partial charge is 0.245 e. The topological polar surface area (TPSA) is 52.8 Å². The first-order valence-electron chi connectivity index (χ1n) is 5.54. The fraction of sp³-hybridized carbons (Fsp3) is 0.545. The zero-order valence-electron chi connectivity index (χ0n) is 10.1. The second-order valence-electron chi connectivity index (χ2n) is 3.84. The summed E-state index contributed by atoms with van der Waals surface area (Å²) in [5.74, 6) is 1.64. The molecular weight excluding hydrogens is 240 g/mol. The minimum atomic E-state index is 0.299.